The Kier molecular flexibility index (Phi) is 16.8. The molecule has 7 atom stereocenters. The molecule has 0 bridgehead atoms. The molecule has 6 aromatic rings. The minimum absolute atomic E-state index is 0.00434. The third-order valence-corrected chi connectivity index (χ3v) is 16.5. The Hall–Kier alpha value is -7.30. The Bertz CT molecular complexity index is 3000. The van der Waals surface area contributed by atoms with Crippen LogP contribution in [0.5, 0.6) is 0 Å². The van der Waals surface area contributed by atoms with Crippen LogP contribution in [0.25, 0.3) is 31.8 Å². The van der Waals surface area contributed by atoms with E-state index in [-0.39, 0.29) is 51.2 Å². The molecule has 6 heterocycles. The molecular formula is C53H63N13O7S2. The molecule has 0 spiro atoms. The van der Waals surface area contributed by atoms with Crippen LogP contribution in [0.15, 0.2) is 90.7 Å². The van der Waals surface area contributed by atoms with Crippen molar-refractivity contribution in [1.82, 2.24) is 56.3 Å². The molecule has 75 heavy (non-hydrogen) atoms. The zero-order valence-corrected chi connectivity index (χ0v) is 43.3. The minimum atomic E-state index is -1.34. The van der Waals surface area contributed by atoms with Crippen molar-refractivity contribution >= 4 is 74.1 Å². The van der Waals surface area contributed by atoms with E-state index in [1.807, 2.05) is 53.9 Å². The molecule has 394 valence electrons. The van der Waals surface area contributed by atoms with Crippen LogP contribution in [0.4, 0.5) is 0 Å². The zero-order valence-electron chi connectivity index (χ0n) is 41.7. The van der Waals surface area contributed by atoms with Gasteiger partial charge in [-0.1, -0.05) is 66.9 Å². The molecule has 22 heteroatoms. The topological polar surface area (TPSA) is 283 Å². The quantitative estimate of drug-likeness (QED) is 0.110. The van der Waals surface area contributed by atoms with Crippen molar-refractivity contribution in [2.75, 3.05) is 13.1 Å². The number of carbonyl (C=O) groups is 7. The van der Waals surface area contributed by atoms with E-state index < -0.39 is 83.6 Å². The molecule has 3 aliphatic rings. The van der Waals surface area contributed by atoms with E-state index in [2.05, 4.69) is 61.1 Å². The molecule has 3 fully saturated rings. The van der Waals surface area contributed by atoms with Gasteiger partial charge >= 0.3 is 0 Å². The predicted octanol–water partition coefficient (Wildman–Crippen LogP) is 3.50. The molecular weight excluding hydrogens is 995 g/mol. The Balaban J connectivity index is 1.07. The van der Waals surface area contributed by atoms with Crippen molar-refractivity contribution in [1.29, 1.82) is 0 Å². The van der Waals surface area contributed by atoms with Gasteiger partial charge in [0.25, 0.3) is 0 Å². The summed E-state index contributed by atoms with van der Waals surface area (Å²) < 4.78 is 4.11. The van der Waals surface area contributed by atoms with Gasteiger partial charge in [0.05, 0.1) is 31.2 Å². The summed E-state index contributed by atoms with van der Waals surface area (Å²) in [4.78, 5) is 103. The highest BCUT2D eigenvalue weighted by Gasteiger charge is 2.46. The molecule has 2 aromatic carbocycles. The third-order valence-electron chi connectivity index (χ3n) is 14.5. The number of rotatable bonds is 9. The van der Waals surface area contributed by atoms with Crippen molar-refractivity contribution in [3.8, 4) is 21.7 Å². The summed E-state index contributed by atoms with van der Waals surface area (Å²) in [5.41, 5.74) is 15.4. The largest absolute Gasteiger partial charge is 0.368 e. The fraction of sp³-hybridized carbons (Fsp3) is 0.434. The number of hydrogen-bond acceptors (Lipinski definition) is 13. The average Bonchev–Trinajstić information content (AvgIpc) is 4.29. The summed E-state index contributed by atoms with van der Waals surface area (Å²) >= 11 is 3.20. The molecule has 20 nitrogen and oxygen atoms in total. The van der Waals surface area contributed by atoms with Gasteiger partial charge in [0.15, 0.2) is 0 Å². The number of fused-ring (bicyclic) bond motifs is 2. The number of hydrogen-bond donors (Lipinski definition) is 7. The van der Waals surface area contributed by atoms with Crippen molar-refractivity contribution in [2.45, 2.75) is 126 Å². The fourth-order valence-electron chi connectivity index (χ4n) is 10.3. The number of primary amides is 1. The lowest BCUT2D eigenvalue weighted by Gasteiger charge is -2.35. The van der Waals surface area contributed by atoms with Gasteiger partial charge in [-0.2, -0.15) is 5.10 Å². The molecule has 9 rings (SSSR count). The van der Waals surface area contributed by atoms with Crippen LogP contribution >= 0.6 is 22.7 Å². The van der Waals surface area contributed by atoms with Crippen LogP contribution in [-0.2, 0) is 46.5 Å². The standard InChI is InChI=1S/C53H63N13O7S2/c1-31-15-20-44(75-31)33-18-16-32(17-19-33)41-29-66(63-62-41)36-25-43-52(72)59-40(24-35-30-74-45-14-6-5-12-37(35)45)50(70)58-39(48(55)68)13-7-8-21-56-46(67)26-38(54)49(69)60-42(28-64-23-9-22-57-64)51(71)61-47(53(73)65(43)27-36)34-10-3-2-4-11-34/h5-6,9,12,14-20,22-23,29-30,34,36,38-40,42-43,47H,2-4,7-8,10-11,13,21,24-28,54H2,1H3,(H2,55,68)(H,56,67)(H,58,70)(H,59,72)(H,60,69)(H,61,71)/t36-,38-,39-,40-,42-,43-,47-/m0/s1. The van der Waals surface area contributed by atoms with E-state index in [9.17, 15) is 24.0 Å². The molecule has 1 saturated carbocycles. The Morgan fingerprint density at radius 1 is 0.800 bits per heavy atom. The maximum Gasteiger partial charge on any atom is 0.246 e. The number of nitrogens with two attached hydrogens (primary N) is 2. The van der Waals surface area contributed by atoms with Crippen LogP contribution in [-0.4, -0.2) is 120 Å². The van der Waals surface area contributed by atoms with Gasteiger partial charge in [0, 0.05) is 58.3 Å². The van der Waals surface area contributed by atoms with E-state index in [1.165, 1.54) is 32.0 Å². The van der Waals surface area contributed by atoms with Gasteiger partial charge in [-0.05, 0) is 91.1 Å². The van der Waals surface area contributed by atoms with Crippen LogP contribution in [0, 0.1) is 12.8 Å². The summed E-state index contributed by atoms with van der Waals surface area (Å²) in [7, 11) is 0. The number of aryl methyl sites for hydroxylation is 1. The lowest BCUT2D eigenvalue weighted by Crippen LogP contribution is -2.61. The normalized spacial score (nSPS) is 24.5. The fourth-order valence-corrected chi connectivity index (χ4v) is 12.2. The third kappa shape index (κ3) is 12.8. The van der Waals surface area contributed by atoms with Crippen molar-refractivity contribution in [2.24, 2.45) is 17.4 Å². The second-order valence-corrected chi connectivity index (χ2v) is 22.0. The smallest absolute Gasteiger partial charge is 0.246 e. The zero-order chi connectivity index (χ0) is 52.6. The highest BCUT2D eigenvalue weighted by atomic mass is 32.1. The van der Waals surface area contributed by atoms with Crippen LogP contribution in [0.3, 0.4) is 0 Å². The maximum absolute atomic E-state index is 15.6. The Labute approximate surface area is 441 Å². The molecule has 1 aliphatic carbocycles. The van der Waals surface area contributed by atoms with E-state index >= 15 is 9.59 Å². The number of thiophene rings is 2. The molecule has 0 radical (unpaired) electrons. The number of carbonyl (C=O) groups excluding carboxylic acids is 7. The van der Waals surface area contributed by atoms with E-state index in [0.29, 0.717) is 31.4 Å². The average molecular weight is 1060 g/mol. The lowest BCUT2D eigenvalue weighted by atomic mass is 9.83. The van der Waals surface area contributed by atoms with Crippen LogP contribution in [0.2, 0.25) is 0 Å². The van der Waals surface area contributed by atoms with E-state index in [1.54, 1.807) is 34.5 Å². The highest BCUT2D eigenvalue weighted by Crippen LogP contribution is 2.35. The maximum atomic E-state index is 15.6. The molecule has 7 amide bonds. The summed E-state index contributed by atoms with van der Waals surface area (Å²) in [5.74, 6) is -4.86. The number of amides is 7. The summed E-state index contributed by atoms with van der Waals surface area (Å²) in [6.07, 6.45) is 9.33. The second kappa shape index (κ2) is 23.9. The predicted molar refractivity (Wildman–Crippen MR) is 283 cm³/mol. The summed E-state index contributed by atoms with van der Waals surface area (Å²) in [6.45, 7) is 2.12. The van der Waals surface area contributed by atoms with Gasteiger partial charge in [0.2, 0.25) is 41.4 Å². The molecule has 4 aromatic heterocycles. The van der Waals surface area contributed by atoms with Crippen molar-refractivity contribution < 1.29 is 33.6 Å². The van der Waals surface area contributed by atoms with Gasteiger partial charge < -0.3 is 43.0 Å². The number of nitrogens with one attached hydrogen (secondary N) is 5. The Morgan fingerprint density at radius 3 is 2.29 bits per heavy atom. The molecule has 2 aliphatic heterocycles. The summed E-state index contributed by atoms with van der Waals surface area (Å²) in [5, 5.41) is 30.4. The summed E-state index contributed by atoms with van der Waals surface area (Å²) in [6, 6.07) is 13.7. The Morgan fingerprint density at radius 2 is 1.55 bits per heavy atom. The van der Waals surface area contributed by atoms with Gasteiger partial charge in [0.1, 0.15) is 35.9 Å². The first-order valence-corrected chi connectivity index (χ1v) is 27.3. The minimum Gasteiger partial charge on any atom is -0.368 e. The monoisotopic (exact) mass is 1060 g/mol. The molecule has 0 unspecified atom stereocenters. The van der Waals surface area contributed by atoms with Crippen LogP contribution in [0.1, 0.15) is 80.7 Å². The van der Waals surface area contributed by atoms with Gasteiger partial charge in [-0.15, -0.1) is 27.8 Å². The molecule has 2 saturated heterocycles. The lowest BCUT2D eigenvalue weighted by molar-refractivity contribution is -0.144. The molecule has 9 N–H and O–H groups in total. The van der Waals surface area contributed by atoms with Gasteiger partial charge in [-0.25, -0.2) is 4.68 Å². The van der Waals surface area contributed by atoms with E-state index in [0.717, 1.165) is 50.9 Å². The van der Waals surface area contributed by atoms with Crippen molar-refractivity contribution in [3.05, 3.63) is 101 Å². The number of aromatic nitrogens is 5. The highest BCUT2D eigenvalue weighted by molar-refractivity contribution is 7.17. The SMILES string of the molecule is Cc1ccc(-c2ccc(-c3cn([C@H]4C[C@H]5C(=O)N[C@@H](Cc6csc7ccccc67)C(=O)N[C@H](C(N)=O)CCCCNC(=O)C[C@H](N)C(=O)N[C@@H](Cn6cccn6)C(=O)N[C@@H](C6CCCCC6)C(=O)N5C4)nn3)cc2)s1. The van der Waals surface area contributed by atoms with Gasteiger partial charge in [-0.3, -0.25) is 38.2 Å². The van der Waals surface area contributed by atoms with Crippen LogP contribution < -0.4 is 38.1 Å². The number of benzene rings is 2. The van der Waals surface area contributed by atoms with E-state index in [4.69, 9.17) is 11.5 Å². The van der Waals surface area contributed by atoms with Crippen molar-refractivity contribution in [3.63, 3.8) is 0 Å². The number of nitrogens with zero attached hydrogens (tertiary/aromatic N) is 6. The second-order valence-electron chi connectivity index (χ2n) is 19.8. The first-order valence-electron chi connectivity index (χ1n) is 25.6. The first-order chi connectivity index (χ1) is 36.3. The first kappa shape index (κ1) is 52.6.